The summed E-state index contributed by atoms with van der Waals surface area (Å²) in [6.45, 7) is 5.12. The van der Waals surface area contributed by atoms with E-state index in [4.69, 9.17) is 4.74 Å². The van der Waals surface area contributed by atoms with E-state index in [0.717, 1.165) is 19.4 Å². The van der Waals surface area contributed by atoms with Crippen LogP contribution in [-0.4, -0.2) is 18.8 Å². The highest BCUT2D eigenvalue weighted by atomic mass is 79.9. The third kappa shape index (κ3) is 2.98. The Kier molecular flexibility index (Phi) is 3.87. The van der Waals surface area contributed by atoms with Gasteiger partial charge in [0.25, 0.3) is 0 Å². The fourth-order valence-corrected chi connectivity index (χ4v) is 2.35. The van der Waals surface area contributed by atoms with Gasteiger partial charge in [-0.25, -0.2) is 0 Å². The van der Waals surface area contributed by atoms with E-state index in [-0.39, 0.29) is 0 Å². The Morgan fingerprint density at radius 1 is 1.44 bits per heavy atom. The molecule has 0 saturated carbocycles. The van der Waals surface area contributed by atoms with Crippen LogP contribution in [0.5, 0.6) is 0 Å². The summed E-state index contributed by atoms with van der Waals surface area (Å²) >= 11 is 3.52. The highest BCUT2D eigenvalue weighted by Crippen LogP contribution is 2.23. The molecule has 1 aromatic rings. The molecule has 0 aromatic heterocycles. The Morgan fingerprint density at radius 2 is 2.25 bits per heavy atom. The van der Waals surface area contributed by atoms with Gasteiger partial charge in [0, 0.05) is 22.8 Å². The molecule has 3 heteroatoms. The lowest BCUT2D eigenvalue weighted by Crippen LogP contribution is -2.32. The van der Waals surface area contributed by atoms with E-state index in [1.54, 1.807) is 0 Å². The number of rotatable bonds is 2. The number of anilines is 1. The minimum absolute atomic E-state index is 0.378. The second-order valence-electron chi connectivity index (χ2n) is 4.51. The van der Waals surface area contributed by atoms with Crippen molar-refractivity contribution in [2.24, 2.45) is 0 Å². The van der Waals surface area contributed by atoms with Crippen molar-refractivity contribution in [3.63, 3.8) is 0 Å². The molecule has 1 aromatic carbocycles. The van der Waals surface area contributed by atoms with Crippen LogP contribution >= 0.6 is 15.9 Å². The molecule has 0 radical (unpaired) electrons. The fraction of sp³-hybridized carbons (Fsp3) is 0.538. The van der Waals surface area contributed by atoms with Gasteiger partial charge >= 0.3 is 0 Å². The molecule has 0 amide bonds. The number of hydrogen-bond acceptors (Lipinski definition) is 2. The van der Waals surface area contributed by atoms with E-state index in [2.05, 4.69) is 53.3 Å². The number of nitrogens with one attached hydrogen (secondary N) is 1. The maximum absolute atomic E-state index is 5.54. The number of ether oxygens (including phenoxy) is 1. The first-order valence-corrected chi connectivity index (χ1v) is 6.59. The van der Waals surface area contributed by atoms with Crippen LogP contribution in [0, 0.1) is 6.92 Å². The van der Waals surface area contributed by atoms with Gasteiger partial charge in [-0.1, -0.05) is 15.9 Å². The molecule has 1 heterocycles. The van der Waals surface area contributed by atoms with Crippen molar-refractivity contribution in [2.45, 2.75) is 38.8 Å². The minimum Gasteiger partial charge on any atom is -0.382 e. The van der Waals surface area contributed by atoms with Crippen LogP contribution in [-0.2, 0) is 4.74 Å². The second kappa shape index (κ2) is 5.19. The molecule has 88 valence electrons. The van der Waals surface area contributed by atoms with Crippen molar-refractivity contribution >= 4 is 21.6 Å². The van der Waals surface area contributed by atoms with E-state index in [1.807, 2.05) is 0 Å². The number of benzene rings is 1. The number of aryl methyl sites for hydroxylation is 1. The topological polar surface area (TPSA) is 21.3 Å². The van der Waals surface area contributed by atoms with Gasteiger partial charge in [0.2, 0.25) is 0 Å². The molecule has 2 atom stereocenters. The summed E-state index contributed by atoms with van der Waals surface area (Å²) in [5, 5.41) is 3.58. The van der Waals surface area contributed by atoms with Crippen LogP contribution < -0.4 is 5.32 Å². The van der Waals surface area contributed by atoms with E-state index >= 15 is 0 Å². The predicted molar refractivity (Wildman–Crippen MR) is 70.9 cm³/mol. The van der Waals surface area contributed by atoms with Crippen LogP contribution in [0.15, 0.2) is 22.7 Å². The molecular formula is C13H18BrNO. The van der Waals surface area contributed by atoms with Crippen molar-refractivity contribution in [3.8, 4) is 0 Å². The van der Waals surface area contributed by atoms with Gasteiger partial charge in [-0.3, -0.25) is 0 Å². The molecular weight excluding hydrogens is 266 g/mol. The lowest BCUT2D eigenvalue weighted by Gasteiger charge is -2.28. The average Bonchev–Trinajstić information content (AvgIpc) is 2.24. The van der Waals surface area contributed by atoms with Gasteiger partial charge in [0.1, 0.15) is 0 Å². The second-order valence-corrected chi connectivity index (χ2v) is 5.37. The summed E-state index contributed by atoms with van der Waals surface area (Å²) in [5.41, 5.74) is 2.48. The normalized spacial score (nSPS) is 25.4. The van der Waals surface area contributed by atoms with E-state index in [1.165, 1.54) is 15.7 Å². The molecule has 0 spiro atoms. The lowest BCUT2D eigenvalue weighted by molar-refractivity contribution is 0.0232. The summed E-state index contributed by atoms with van der Waals surface area (Å²) in [7, 11) is 0. The molecule has 1 saturated heterocycles. The van der Waals surface area contributed by atoms with E-state index in [0.29, 0.717) is 12.1 Å². The predicted octanol–water partition coefficient (Wildman–Crippen LogP) is 3.74. The Morgan fingerprint density at radius 3 is 2.94 bits per heavy atom. The van der Waals surface area contributed by atoms with Crippen molar-refractivity contribution in [1.82, 2.24) is 0 Å². The summed E-state index contributed by atoms with van der Waals surface area (Å²) in [6.07, 6.45) is 2.57. The third-order valence-electron chi connectivity index (χ3n) is 3.01. The first-order chi connectivity index (χ1) is 7.65. The van der Waals surface area contributed by atoms with E-state index < -0.39 is 0 Å². The standard InChI is InChI=1S/C13H18BrNO/c1-9-7-11(3-4-13(9)14)15-12-5-6-16-10(2)8-12/h3-4,7,10,12,15H,5-6,8H2,1-2H3. The first-order valence-electron chi connectivity index (χ1n) is 5.79. The quantitative estimate of drug-likeness (QED) is 0.893. The fourth-order valence-electron chi connectivity index (χ4n) is 2.10. The zero-order chi connectivity index (χ0) is 11.5. The van der Waals surface area contributed by atoms with Crippen molar-refractivity contribution < 1.29 is 4.74 Å². The molecule has 2 rings (SSSR count). The van der Waals surface area contributed by atoms with Crippen LogP contribution in [0.1, 0.15) is 25.3 Å². The molecule has 1 N–H and O–H groups in total. The van der Waals surface area contributed by atoms with Gasteiger partial charge in [0.05, 0.1) is 6.10 Å². The smallest absolute Gasteiger partial charge is 0.0566 e. The third-order valence-corrected chi connectivity index (χ3v) is 3.90. The molecule has 2 unspecified atom stereocenters. The molecule has 0 bridgehead atoms. The van der Waals surface area contributed by atoms with Crippen molar-refractivity contribution in [2.75, 3.05) is 11.9 Å². The van der Waals surface area contributed by atoms with Gasteiger partial charge in [-0.15, -0.1) is 0 Å². The summed E-state index contributed by atoms with van der Waals surface area (Å²) in [4.78, 5) is 0. The molecule has 1 aliphatic rings. The van der Waals surface area contributed by atoms with Crippen LogP contribution in [0.3, 0.4) is 0 Å². The Hall–Kier alpha value is -0.540. The Labute approximate surface area is 106 Å². The highest BCUT2D eigenvalue weighted by Gasteiger charge is 2.18. The van der Waals surface area contributed by atoms with Crippen LogP contribution in [0.25, 0.3) is 0 Å². The Bertz CT molecular complexity index is 367. The molecule has 2 nitrogen and oxygen atoms in total. The van der Waals surface area contributed by atoms with Gasteiger partial charge in [-0.05, 0) is 50.5 Å². The zero-order valence-electron chi connectivity index (χ0n) is 9.79. The van der Waals surface area contributed by atoms with Gasteiger partial charge in [-0.2, -0.15) is 0 Å². The van der Waals surface area contributed by atoms with Crippen molar-refractivity contribution in [1.29, 1.82) is 0 Å². The minimum atomic E-state index is 0.378. The van der Waals surface area contributed by atoms with Crippen LogP contribution in [0.2, 0.25) is 0 Å². The van der Waals surface area contributed by atoms with Gasteiger partial charge in [0.15, 0.2) is 0 Å². The summed E-state index contributed by atoms with van der Waals surface area (Å²) < 4.78 is 6.71. The maximum atomic E-state index is 5.54. The molecule has 16 heavy (non-hydrogen) atoms. The number of halogens is 1. The molecule has 1 fully saturated rings. The Balaban J connectivity index is 2.00. The summed E-state index contributed by atoms with van der Waals surface area (Å²) in [5.74, 6) is 0. The monoisotopic (exact) mass is 283 g/mol. The highest BCUT2D eigenvalue weighted by molar-refractivity contribution is 9.10. The maximum Gasteiger partial charge on any atom is 0.0566 e. The molecule has 1 aliphatic heterocycles. The van der Waals surface area contributed by atoms with Crippen LogP contribution in [0.4, 0.5) is 5.69 Å². The first kappa shape index (κ1) is 11.9. The SMILES string of the molecule is Cc1cc(NC2CCOC(C)C2)ccc1Br. The number of hydrogen-bond donors (Lipinski definition) is 1. The largest absolute Gasteiger partial charge is 0.382 e. The molecule has 0 aliphatic carbocycles. The lowest BCUT2D eigenvalue weighted by atomic mass is 10.0. The van der Waals surface area contributed by atoms with Crippen molar-refractivity contribution in [3.05, 3.63) is 28.2 Å². The van der Waals surface area contributed by atoms with Gasteiger partial charge < -0.3 is 10.1 Å². The zero-order valence-corrected chi connectivity index (χ0v) is 11.4. The summed E-state index contributed by atoms with van der Waals surface area (Å²) in [6, 6.07) is 6.95. The average molecular weight is 284 g/mol. The van der Waals surface area contributed by atoms with E-state index in [9.17, 15) is 0 Å².